The summed E-state index contributed by atoms with van der Waals surface area (Å²) in [6.07, 6.45) is 7.53. The van der Waals surface area contributed by atoms with Crippen LogP contribution in [0.2, 0.25) is 0 Å². The van der Waals surface area contributed by atoms with Crippen LogP contribution in [0.25, 0.3) is 0 Å². The van der Waals surface area contributed by atoms with Gasteiger partial charge in [0, 0.05) is 12.8 Å². The van der Waals surface area contributed by atoms with Crippen molar-refractivity contribution in [1.29, 1.82) is 0 Å². The number of nitrogens with zero attached hydrogens (tertiary/aromatic N) is 2. The molecule has 0 amide bonds. The molecule has 1 fully saturated rings. The van der Waals surface area contributed by atoms with Crippen LogP contribution >= 0.6 is 0 Å². The molecule has 0 saturated carbocycles. The molecule has 0 N–H and O–H groups in total. The Morgan fingerprint density at radius 2 is 1.65 bits per heavy atom. The van der Waals surface area contributed by atoms with Crippen LogP contribution in [-0.4, -0.2) is 25.5 Å². The second-order valence-electron chi connectivity index (χ2n) is 5.67. The SMILES string of the molecule is CC(C)CC1(CCCCCCCN=N[O-])OCCO1.[K+]. The summed E-state index contributed by atoms with van der Waals surface area (Å²) in [5.74, 6) is 0.279. The van der Waals surface area contributed by atoms with Gasteiger partial charge >= 0.3 is 51.4 Å². The Morgan fingerprint density at radius 3 is 2.25 bits per heavy atom. The molecule has 1 rings (SSSR count). The summed E-state index contributed by atoms with van der Waals surface area (Å²) in [5, 5.41) is 15.7. The van der Waals surface area contributed by atoms with Crippen LogP contribution in [0.3, 0.4) is 0 Å². The summed E-state index contributed by atoms with van der Waals surface area (Å²) >= 11 is 0. The molecule has 0 radical (unpaired) electrons. The van der Waals surface area contributed by atoms with Crippen molar-refractivity contribution in [3.8, 4) is 0 Å². The fourth-order valence-corrected chi connectivity index (χ4v) is 2.63. The fourth-order valence-electron chi connectivity index (χ4n) is 2.63. The quantitative estimate of drug-likeness (QED) is 0.262. The molecule has 20 heavy (non-hydrogen) atoms. The van der Waals surface area contributed by atoms with E-state index in [0.717, 1.165) is 45.3 Å². The first-order chi connectivity index (χ1) is 9.18. The van der Waals surface area contributed by atoms with Gasteiger partial charge in [-0.15, -0.1) is 0 Å². The minimum atomic E-state index is -0.315. The number of unbranched alkanes of at least 4 members (excludes halogenated alkanes) is 4. The van der Waals surface area contributed by atoms with Gasteiger partial charge in [0.15, 0.2) is 5.79 Å². The molecule has 1 heterocycles. The molecule has 1 aliphatic rings. The molecule has 0 aromatic carbocycles. The van der Waals surface area contributed by atoms with E-state index in [1.165, 1.54) is 12.8 Å². The fraction of sp³-hybridized carbons (Fsp3) is 1.00. The first-order valence-corrected chi connectivity index (χ1v) is 7.45. The van der Waals surface area contributed by atoms with Crippen molar-refractivity contribution in [2.24, 2.45) is 16.3 Å². The third-order valence-electron chi connectivity index (χ3n) is 3.41. The number of hydrogen-bond acceptors (Lipinski definition) is 5. The molecular weight excluding hydrogens is 283 g/mol. The average Bonchev–Trinajstić information content (AvgIpc) is 2.80. The first kappa shape index (κ1) is 21.0. The van der Waals surface area contributed by atoms with Crippen molar-refractivity contribution in [1.82, 2.24) is 0 Å². The largest absolute Gasteiger partial charge is 1.00 e. The van der Waals surface area contributed by atoms with Crippen molar-refractivity contribution >= 4 is 0 Å². The van der Waals surface area contributed by atoms with Crippen LogP contribution in [0.1, 0.15) is 58.8 Å². The van der Waals surface area contributed by atoms with Gasteiger partial charge in [0.1, 0.15) is 0 Å². The van der Waals surface area contributed by atoms with Gasteiger partial charge in [0.2, 0.25) is 0 Å². The van der Waals surface area contributed by atoms with Gasteiger partial charge in [-0.1, -0.05) is 33.1 Å². The van der Waals surface area contributed by atoms with E-state index in [0.29, 0.717) is 12.5 Å². The van der Waals surface area contributed by atoms with E-state index in [1.807, 2.05) is 0 Å². The molecule has 0 aromatic rings. The maximum atomic E-state index is 9.77. The second kappa shape index (κ2) is 12.5. The predicted molar refractivity (Wildman–Crippen MR) is 74.9 cm³/mol. The van der Waals surface area contributed by atoms with Crippen LogP contribution in [0, 0.1) is 11.1 Å². The third kappa shape index (κ3) is 9.07. The average molecular weight is 310 g/mol. The van der Waals surface area contributed by atoms with E-state index < -0.39 is 0 Å². The summed E-state index contributed by atoms with van der Waals surface area (Å²) in [6.45, 7) is 6.43. The monoisotopic (exact) mass is 310 g/mol. The van der Waals surface area contributed by atoms with Gasteiger partial charge in [-0.25, -0.2) is 5.28 Å². The van der Waals surface area contributed by atoms with E-state index in [1.54, 1.807) is 0 Å². The van der Waals surface area contributed by atoms with Gasteiger partial charge in [0.05, 0.1) is 19.8 Å². The molecule has 0 aliphatic carbocycles. The summed E-state index contributed by atoms with van der Waals surface area (Å²) in [5.41, 5.74) is 0. The van der Waals surface area contributed by atoms with Crippen molar-refractivity contribution in [2.75, 3.05) is 19.8 Å². The molecule has 0 aromatic heterocycles. The van der Waals surface area contributed by atoms with Crippen LogP contribution in [0.15, 0.2) is 10.4 Å². The normalized spacial score (nSPS) is 17.8. The first-order valence-electron chi connectivity index (χ1n) is 7.45. The molecular formula is C14H27KN2O3. The zero-order chi connectivity index (χ0) is 14.0. The van der Waals surface area contributed by atoms with Gasteiger partial charge in [0.25, 0.3) is 0 Å². The molecule has 5 nitrogen and oxygen atoms in total. The molecule has 0 spiro atoms. The number of hydrogen-bond donors (Lipinski definition) is 0. The zero-order valence-corrected chi connectivity index (χ0v) is 16.4. The second-order valence-corrected chi connectivity index (χ2v) is 5.67. The Balaban J connectivity index is 0.00000361. The van der Waals surface area contributed by atoms with Crippen molar-refractivity contribution in [3.05, 3.63) is 5.21 Å². The Bertz CT molecular complexity index is 257. The maximum Gasteiger partial charge on any atom is 1.00 e. The topological polar surface area (TPSA) is 66.2 Å². The van der Waals surface area contributed by atoms with Crippen molar-refractivity contribution < 1.29 is 60.9 Å². The zero-order valence-electron chi connectivity index (χ0n) is 13.3. The van der Waals surface area contributed by atoms with E-state index in [-0.39, 0.29) is 57.2 Å². The number of rotatable bonds is 10. The smallest absolute Gasteiger partial charge is 0.775 e. The van der Waals surface area contributed by atoms with Gasteiger partial charge < -0.3 is 14.7 Å². The molecule has 0 atom stereocenters. The third-order valence-corrected chi connectivity index (χ3v) is 3.41. The summed E-state index contributed by atoms with van der Waals surface area (Å²) in [6, 6.07) is 0. The Morgan fingerprint density at radius 1 is 1.05 bits per heavy atom. The van der Waals surface area contributed by atoms with E-state index in [4.69, 9.17) is 9.47 Å². The summed E-state index contributed by atoms with van der Waals surface area (Å²) < 4.78 is 11.7. The summed E-state index contributed by atoms with van der Waals surface area (Å²) in [4.78, 5) is 0. The van der Waals surface area contributed by atoms with E-state index in [2.05, 4.69) is 24.2 Å². The van der Waals surface area contributed by atoms with Gasteiger partial charge in [-0.05, 0) is 18.8 Å². The van der Waals surface area contributed by atoms with Gasteiger partial charge in [-0.2, -0.15) is 5.11 Å². The van der Waals surface area contributed by atoms with Crippen molar-refractivity contribution in [2.45, 2.75) is 64.6 Å². The van der Waals surface area contributed by atoms with Crippen molar-refractivity contribution in [3.63, 3.8) is 0 Å². The van der Waals surface area contributed by atoms with Crippen LogP contribution < -0.4 is 51.4 Å². The molecule has 0 unspecified atom stereocenters. The minimum absolute atomic E-state index is 0. The summed E-state index contributed by atoms with van der Waals surface area (Å²) in [7, 11) is 0. The molecule has 0 bridgehead atoms. The maximum absolute atomic E-state index is 9.77. The van der Waals surface area contributed by atoms with E-state index in [9.17, 15) is 5.21 Å². The Kier molecular flexibility index (Phi) is 13.1. The van der Waals surface area contributed by atoms with Crippen LogP contribution in [0.4, 0.5) is 0 Å². The molecule has 1 saturated heterocycles. The molecule has 6 heteroatoms. The Labute approximate surface area is 165 Å². The van der Waals surface area contributed by atoms with Crippen LogP contribution in [-0.2, 0) is 9.47 Å². The predicted octanol–water partition coefficient (Wildman–Crippen LogP) is 1.07. The van der Waals surface area contributed by atoms with Crippen LogP contribution in [0.5, 0.6) is 0 Å². The molecule has 1 aliphatic heterocycles. The van der Waals surface area contributed by atoms with Gasteiger partial charge in [-0.3, -0.25) is 0 Å². The Hall–Kier alpha value is 0.956. The standard InChI is InChI=1S/C14H28N2O3.K/c1-13(2)12-14(18-10-11-19-14)8-6-4-3-5-7-9-15-16-17;/h13H,3-12H2,1-2H3,(H,15,17);/q;+1/p-1. The minimum Gasteiger partial charge on any atom is -0.775 e. The number of ether oxygens (including phenoxy) is 2. The molecule has 112 valence electrons. The van der Waals surface area contributed by atoms with E-state index >= 15 is 0 Å².